The van der Waals surface area contributed by atoms with Gasteiger partial charge in [-0.25, -0.2) is 4.98 Å². The van der Waals surface area contributed by atoms with Crippen LogP contribution in [0.2, 0.25) is 0 Å². The Balaban J connectivity index is 1.60. The van der Waals surface area contributed by atoms with Crippen LogP contribution in [0.25, 0.3) is 0 Å². The summed E-state index contributed by atoms with van der Waals surface area (Å²) in [6.07, 6.45) is 8.52. The van der Waals surface area contributed by atoms with E-state index in [-0.39, 0.29) is 23.4 Å². The van der Waals surface area contributed by atoms with Gasteiger partial charge in [-0.3, -0.25) is 4.79 Å². The Kier molecular flexibility index (Phi) is 5.16. The number of rotatable bonds is 3. The van der Waals surface area contributed by atoms with Crippen LogP contribution in [-0.2, 0) is 4.74 Å². The molecule has 0 amide bonds. The molecular formula is C24H33NO3S. The molecule has 0 saturated carbocycles. The molecule has 1 saturated heterocycles. The third-order valence-corrected chi connectivity index (χ3v) is 8.77. The Hall–Kier alpha value is -1.30. The van der Waals surface area contributed by atoms with Crippen LogP contribution in [0.3, 0.4) is 0 Å². The largest absolute Gasteiger partial charge is 0.387 e. The highest BCUT2D eigenvalue weighted by molar-refractivity contribution is 7.12. The van der Waals surface area contributed by atoms with Crippen molar-refractivity contribution in [1.82, 2.24) is 4.98 Å². The van der Waals surface area contributed by atoms with E-state index in [1.54, 1.807) is 0 Å². The maximum absolute atomic E-state index is 13.3. The van der Waals surface area contributed by atoms with Crippen molar-refractivity contribution in [1.29, 1.82) is 0 Å². The summed E-state index contributed by atoms with van der Waals surface area (Å²) in [5.41, 5.74) is 0.994. The van der Waals surface area contributed by atoms with Gasteiger partial charge < -0.3 is 9.84 Å². The van der Waals surface area contributed by atoms with Gasteiger partial charge in [0.05, 0.1) is 17.1 Å². The lowest BCUT2D eigenvalue weighted by atomic mass is 9.60. The Morgan fingerprint density at radius 2 is 2.14 bits per heavy atom. The Labute approximate surface area is 178 Å². The van der Waals surface area contributed by atoms with Crippen LogP contribution < -0.4 is 0 Å². The summed E-state index contributed by atoms with van der Waals surface area (Å²) in [6, 6.07) is 0. The fraction of sp³-hybridized carbons (Fsp3) is 0.667. The minimum atomic E-state index is -0.640. The minimum Gasteiger partial charge on any atom is -0.387 e. The van der Waals surface area contributed by atoms with Crippen molar-refractivity contribution in [3.63, 3.8) is 0 Å². The summed E-state index contributed by atoms with van der Waals surface area (Å²) in [4.78, 5) is 18.8. The first-order valence-corrected chi connectivity index (χ1v) is 11.7. The van der Waals surface area contributed by atoms with E-state index in [9.17, 15) is 9.90 Å². The number of carbonyl (C=O) groups is 1. The van der Waals surface area contributed by atoms with Gasteiger partial charge in [-0.15, -0.1) is 11.3 Å². The summed E-state index contributed by atoms with van der Waals surface area (Å²) in [5, 5.41) is 11.7. The molecule has 0 aromatic carbocycles. The first kappa shape index (κ1) is 21.0. The molecule has 2 aliphatic carbocycles. The predicted octanol–water partition coefficient (Wildman–Crippen LogP) is 5.80. The number of fused-ring (bicyclic) bond motifs is 2. The second-order valence-corrected chi connectivity index (χ2v) is 11.3. The molecule has 1 aliphatic heterocycles. The lowest BCUT2D eigenvalue weighted by Gasteiger charge is -2.43. The third-order valence-electron chi connectivity index (χ3n) is 7.52. The number of nitrogens with zero attached hydrogens (tertiary/aromatic N) is 1. The van der Waals surface area contributed by atoms with Crippen LogP contribution in [-0.4, -0.2) is 22.0 Å². The number of ether oxygens (including phenoxy) is 1. The number of ketones is 1. The van der Waals surface area contributed by atoms with Crippen molar-refractivity contribution in [3.05, 3.63) is 39.4 Å². The van der Waals surface area contributed by atoms with E-state index < -0.39 is 11.5 Å². The van der Waals surface area contributed by atoms with Crippen LogP contribution in [0.1, 0.15) is 93.4 Å². The summed E-state index contributed by atoms with van der Waals surface area (Å²) in [6.45, 7) is 12.6. The molecule has 1 fully saturated rings. The van der Waals surface area contributed by atoms with Crippen LogP contribution in [0.4, 0.5) is 0 Å². The number of hydrogen-bond acceptors (Lipinski definition) is 5. The van der Waals surface area contributed by atoms with Crippen molar-refractivity contribution in [2.75, 3.05) is 0 Å². The summed E-state index contributed by atoms with van der Waals surface area (Å²) < 4.78 is 6.30. The van der Waals surface area contributed by atoms with E-state index >= 15 is 0 Å². The molecule has 6 unspecified atom stereocenters. The molecule has 6 atom stereocenters. The zero-order valence-corrected chi connectivity index (χ0v) is 19.2. The van der Waals surface area contributed by atoms with Gasteiger partial charge in [-0.05, 0) is 36.2 Å². The second kappa shape index (κ2) is 7.14. The molecule has 0 bridgehead atoms. The standard InChI is InChI=1S/C24H33NO3S/c1-7-13(2)14-8-9-17-15(10-14)11-18(28-17)22-25-19-20(29-22)16(26)12-24(6,21(19)27)23(3,4)5/h8-10,13,15-18,26H,7,11-12H2,1-6H3. The summed E-state index contributed by atoms with van der Waals surface area (Å²) in [5.74, 6) is 0.971. The average molecular weight is 416 g/mol. The molecule has 5 heteroatoms. The van der Waals surface area contributed by atoms with Gasteiger partial charge in [0.25, 0.3) is 0 Å². The normalized spacial score (nSPS) is 35.3. The number of allylic oxidation sites excluding steroid dienone is 2. The molecule has 2 heterocycles. The molecule has 4 nitrogen and oxygen atoms in total. The molecule has 1 N–H and O–H groups in total. The Morgan fingerprint density at radius 1 is 1.41 bits per heavy atom. The van der Waals surface area contributed by atoms with Crippen molar-refractivity contribution in [2.24, 2.45) is 22.7 Å². The molecule has 0 spiro atoms. The maximum atomic E-state index is 13.3. The molecule has 3 aliphatic rings. The van der Waals surface area contributed by atoms with Gasteiger partial charge in [0.2, 0.25) is 0 Å². The average Bonchev–Trinajstić information content (AvgIpc) is 3.28. The minimum absolute atomic E-state index is 0.0575. The fourth-order valence-corrected chi connectivity index (χ4v) is 5.77. The van der Waals surface area contributed by atoms with Gasteiger partial charge >= 0.3 is 0 Å². The number of aromatic nitrogens is 1. The Morgan fingerprint density at radius 3 is 2.79 bits per heavy atom. The highest BCUT2D eigenvalue weighted by atomic mass is 32.1. The van der Waals surface area contributed by atoms with E-state index in [1.165, 1.54) is 16.9 Å². The Bertz CT molecular complexity index is 877. The van der Waals surface area contributed by atoms with Crippen LogP contribution in [0.5, 0.6) is 0 Å². The van der Waals surface area contributed by atoms with Crippen LogP contribution in [0, 0.1) is 22.7 Å². The topological polar surface area (TPSA) is 59.4 Å². The lowest BCUT2D eigenvalue weighted by molar-refractivity contribution is 0.0196. The molecule has 158 valence electrons. The zero-order chi connectivity index (χ0) is 21.1. The predicted molar refractivity (Wildman–Crippen MR) is 116 cm³/mol. The fourth-order valence-electron chi connectivity index (χ4n) is 4.67. The van der Waals surface area contributed by atoms with Gasteiger partial charge in [-0.2, -0.15) is 0 Å². The van der Waals surface area contributed by atoms with Gasteiger partial charge in [0, 0.05) is 11.3 Å². The summed E-state index contributed by atoms with van der Waals surface area (Å²) in [7, 11) is 0. The summed E-state index contributed by atoms with van der Waals surface area (Å²) >= 11 is 1.46. The van der Waals surface area contributed by atoms with Crippen molar-refractivity contribution < 1.29 is 14.6 Å². The number of aliphatic hydroxyl groups excluding tert-OH is 1. The lowest BCUT2D eigenvalue weighted by Crippen LogP contribution is -2.44. The van der Waals surface area contributed by atoms with Gasteiger partial charge in [0.15, 0.2) is 5.78 Å². The van der Waals surface area contributed by atoms with Crippen molar-refractivity contribution in [2.45, 2.75) is 79.1 Å². The third kappa shape index (κ3) is 3.35. The zero-order valence-electron chi connectivity index (χ0n) is 18.4. The molecule has 29 heavy (non-hydrogen) atoms. The monoisotopic (exact) mass is 415 g/mol. The van der Waals surface area contributed by atoms with Gasteiger partial charge in [0.1, 0.15) is 16.8 Å². The molecule has 1 aromatic heterocycles. The van der Waals surface area contributed by atoms with E-state index in [2.05, 4.69) is 52.8 Å². The van der Waals surface area contributed by atoms with Crippen molar-refractivity contribution >= 4 is 17.1 Å². The molecule has 0 radical (unpaired) electrons. The quantitative estimate of drug-likeness (QED) is 0.677. The van der Waals surface area contributed by atoms with E-state index in [0.717, 1.165) is 22.7 Å². The van der Waals surface area contributed by atoms with E-state index in [0.29, 0.717) is 24.0 Å². The first-order valence-electron chi connectivity index (χ1n) is 10.8. The highest BCUT2D eigenvalue weighted by Crippen LogP contribution is 2.53. The maximum Gasteiger partial charge on any atom is 0.188 e. The van der Waals surface area contributed by atoms with Crippen LogP contribution >= 0.6 is 11.3 Å². The molecular weight excluding hydrogens is 382 g/mol. The van der Waals surface area contributed by atoms with Gasteiger partial charge in [-0.1, -0.05) is 59.8 Å². The number of carbonyl (C=O) groups excluding carboxylic acids is 1. The smallest absolute Gasteiger partial charge is 0.188 e. The number of thiazole rings is 1. The number of Topliss-reactive ketones (excluding diaryl/α,β-unsaturated/α-hetero) is 1. The van der Waals surface area contributed by atoms with E-state index in [4.69, 9.17) is 9.72 Å². The number of hydrogen-bond donors (Lipinski definition) is 1. The van der Waals surface area contributed by atoms with Crippen LogP contribution in [0.15, 0.2) is 23.8 Å². The van der Waals surface area contributed by atoms with E-state index in [1.807, 2.05) is 6.92 Å². The molecule has 4 rings (SSSR count). The first-order chi connectivity index (χ1) is 13.5. The SMILES string of the molecule is CCC(C)C1=CC2CC(c3nc4c(s3)C(O)CC(C)(C(C)(C)C)C4=O)OC2C=C1. The number of aliphatic hydroxyl groups is 1. The molecule has 1 aromatic rings. The highest BCUT2D eigenvalue weighted by Gasteiger charge is 2.51. The van der Waals surface area contributed by atoms with Crippen molar-refractivity contribution in [3.8, 4) is 0 Å². The second-order valence-electron chi connectivity index (χ2n) is 10.2.